The van der Waals surface area contributed by atoms with E-state index >= 15 is 0 Å². The van der Waals surface area contributed by atoms with Crippen molar-refractivity contribution >= 4 is 34.8 Å². The lowest BCUT2D eigenvalue weighted by molar-refractivity contribution is 0.0699. The van der Waals surface area contributed by atoms with Crippen molar-refractivity contribution in [3.8, 4) is 11.3 Å². The van der Waals surface area contributed by atoms with E-state index in [0.29, 0.717) is 39.8 Å². The van der Waals surface area contributed by atoms with Crippen LogP contribution in [0.15, 0.2) is 24.4 Å². The minimum Gasteiger partial charge on any atom is -0.381 e. The van der Waals surface area contributed by atoms with Crippen LogP contribution in [0, 0.1) is 5.92 Å². The molecule has 196 valence electrons. The quantitative estimate of drug-likeness (QED) is 0.376. The molecule has 9 heteroatoms. The summed E-state index contributed by atoms with van der Waals surface area (Å²) in [5, 5.41) is 11.9. The largest absolute Gasteiger partial charge is 0.381 e. The molecule has 0 radical (unpaired) electrons. The zero-order chi connectivity index (χ0) is 24.7. The van der Waals surface area contributed by atoms with E-state index in [1.54, 1.807) is 6.20 Å². The Hall–Kier alpha value is -1.64. The maximum Gasteiger partial charge on any atom is 0.126 e. The van der Waals surface area contributed by atoms with Crippen LogP contribution in [0.4, 0.5) is 11.6 Å². The molecule has 2 aliphatic heterocycles. The molecule has 5 rings (SSSR count). The predicted molar refractivity (Wildman–Crippen MR) is 146 cm³/mol. The standard InChI is InChI=1S/C27H37Cl2N5O2/c28-23-7-8-25(31-15-18-9-12-35-13-10-18)34-27(23)22-14-26(32-17-24(22)29)33-20-5-3-19(4-6-20)30-16-21-2-1-11-36-21/h7-8,14,17-21,30H,1-6,9-13,15-16H2,(H,31,34)(H,32,33). The van der Waals surface area contributed by atoms with Gasteiger partial charge in [-0.25, -0.2) is 9.97 Å². The molecular weight excluding hydrogens is 497 g/mol. The number of nitrogens with zero attached hydrogens (tertiary/aromatic N) is 2. The van der Waals surface area contributed by atoms with Crippen molar-refractivity contribution in [1.29, 1.82) is 0 Å². The molecule has 1 aliphatic carbocycles. The third kappa shape index (κ3) is 7.01. The van der Waals surface area contributed by atoms with E-state index in [1.807, 2.05) is 18.2 Å². The highest BCUT2D eigenvalue weighted by molar-refractivity contribution is 6.36. The molecule has 2 aromatic rings. The maximum absolute atomic E-state index is 6.57. The van der Waals surface area contributed by atoms with E-state index in [-0.39, 0.29) is 0 Å². The fraction of sp³-hybridized carbons (Fsp3) is 0.630. The highest BCUT2D eigenvalue weighted by Gasteiger charge is 2.24. The maximum atomic E-state index is 6.57. The number of aromatic nitrogens is 2. The Labute approximate surface area is 224 Å². The lowest BCUT2D eigenvalue weighted by Gasteiger charge is -2.30. The summed E-state index contributed by atoms with van der Waals surface area (Å²) in [6.07, 6.45) is 11.1. The van der Waals surface area contributed by atoms with Crippen LogP contribution < -0.4 is 16.0 Å². The summed E-state index contributed by atoms with van der Waals surface area (Å²) in [5.41, 5.74) is 1.46. The van der Waals surface area contributed by atoms with Crippen molar-refractivity contribution in [2.24, 2.45) is 5.92 Å². The Bertz CT molecular complexity index is 990. The van der Waals surface area contributed by atoms with Gasteiger partial charge in [-0.2, -0.15) is 0 Å². The Morgan fingerprint density at radius 2 is 1.67 bits per heavy atom. The number of hydrogen-bond donors (Lipinski definition) is 3. The molecule has 3 aliphatic rings. The van der Waals surface area contributed by atoms with Gasteiger partial charge in [0.25, 0.3) is 0 Å². The SMILES string of the molecule is Clc1cnc(NC2CCC(NCC3CCCO3)CC2)cc1-c1nc(NCC2CCOCC2)ccc1Cl. The monoisotopic (exact) mass is 533 g/mol. The summed E-state index contributed by atoms with van der Waals surface area (Å²) in [6, 6.07) is 6.74. The van der Waals surface area contributed by atoms with E-state index in [4.69, 9.17) is 37.7 Å². The average Bonchev–Trinajstić information content (AvgIpc) is 3.43. The van der Waals surface area contributed by atoms with Crippen LogP contribution in [0.5, 0.6) is 0 Å². The number of halogens is 2. The smallest absolute Gasteiger partial charge is 0.126 e. The molecule has 4 heterocycles. The first-order valence-corrected chi connectivity index (χ1v) is 14.2. The minimum atomic E-state index is 0.392. The normalized spacial score (nSPS) is 25.1. The van der Waals surface area contributed by atoms with Crippen molar-refractivity contribution in [2.45, 2.75) is 69.6 Å². The molecule has 36 heavy (non-hydrogen) atoms. The van der Waals surface area contributed by atoms with Crippen molar-refractivity contribution in [3.63, 3.8) is 0 Å². The summed E-state index contributed by atoms with van der Waals surface area (Å²) in [4.78, 5) is 9.35. The number of nitrogens with one attached hydrogen (secondary N) is 3. The molecule has 1 atom stereocenters. The second kappa shape index (κ2) is 12.7. The number of rotatable bonds is 9. The molecule has 2 aromatic heterocycles. The summed E-state index contributed by atoms with van der Waals surface area (Å²) in [6.45, 7) is 4.43. The molecular formula is C27H37Cl2N5O2. The molecule has 1 unspecified atom stereocenters. The molecule has 3 N–H and O–H groups in total. The van der Waals surface area contributed by atoms with Gasteiger partial charge in [-0.3, -0.25) is 0 Å². The highest BCUT2D eigenvalue weighted by atomic mass is 35.5. The Morgan fingerprint density at radius 1 is 0.861 bits per heavy atom. The van der Waals surface area contributed by atoms with Crippen molar-refractivity contribution < 1.29 is 9.47 Å². The third-order valence-corrected chi connectivity index (χ3v) is 8.21. The van der Waals surface area contributed by atoms with Gasteiger partial charge in [0.05, 0.1) is 21.8 Å². The molecule has 0 bridgehead atoms. The van der Waals surface area contributed by atoms with Crippen LogP contribution >= 0.6 is 23.2 Å². The molecule has 7 nitrogen and oxygen atoms in total. The van der Waals surface area contributed by atoms with Crippen LogP contribution in [0.3, 0.4) is 0 Å². The Balaban J connectivity index is 1.18. The summed E-state index contributed by atoms with van der Waals surface area (Å²) in [5.74, 6) is 2.21. The van der Waals surface area contributed by atoms with Crippen LogP contribution in [-0.4, -0.2) is 61.1 Å². The van der Waals surface area contributed by atoms with Crippen molar-refractivity contribution in [3.05, 3.63) is 34.4 Å². The van der Waals surface area contributed by atoms with Gasteiger partial charge in [0.15, 0.2) is 0 Å². The van der Waals surface area contributed by atoms with Crippen LogP contribution in [0.1, 0.15) is 51.4 Å². The van der Waals surface area contributed by atoms with Gasteiger partial charge in [-0.15, -0.1) is 0 Å². The van der Waals surface area contributed by atoms with Gasteiger partial charge < -0.3 is 25.4 Å². The zero-order valence-electron chi connectivity index (χ0n) is 20.8. The van der Waals surface area contributed by atoms with E-state index in [9.17, 15) is 0 Å². The molecule has 0 spiro atoms. The van der Waals surface area contributed by atoms with E-state index in [2.05, 4.69) is 20.9 Å². The van der Waals surface area contributed by atoms with Gasteiger partial charge in [-0.05, 0) is 75.5 Å². The summed E-state index contributed by atoms with van der Waals surface area (Å²) >= 11 is 13.1. The summed E-state index contributed by atoms with van der Waals surface area (Å²) < 4.78 is 11.2. The van der Waals surface area contributed by atoms with Crippen LogP contribution in [0.25, 0.3) is 11.3 Å². The average molecular weight is 535 g/mol. The molecule has 1 saturated carbocycles. The number of hydrogen-bond acceptors (Lipinski definition) is 7. The van der Waals surface area contributed by atoms with Crippen LogP contribution in [0.2, 0.25) is 10.0 Å². The van der Waals surface area contributed by atoms with Gasteiger partial charge in [-0.1, -0.05) is 23.2 Å². The van der Waals surface area contributed by atoms with E-state index in [1.165, 1.54) is 12.8 Å². The molecule has 3 fully saturated rings. The zero-order valence-corrected chi connectivity index (χ0v) is 22.3. The highest BCUT2D eigenvalue weighted by Crippen LogP contribution is 2.34. The Morgan fingerprint density at radius 3 is 2.44 bits per heavy atom. The fourth-order valence-corrected chi connectivity index (χ4v) is 5.78. The predicted octanol–water partition coefficient (Wildman–Crippen LogP) is 5.78. The third-order valence-electron chi connectivity index (χ3n) is 7.61. The fourth-order valence-electron chi connectivity index (χ4n) is 5.38. The van der Waals surface area contributed by atoms with Gasteiger partial charge in [0.1, 0.15) is 11.6 Å². The minimum absolute atomic E-state index is 0.392. The first-order chi connectivity index (χ1) is 17.6. The lowest BCUT2D eigenvalue weighted by atomic mass is 9.91. The van der Waals surface area contributed by atoms with Crippen molar-refractivity contribution in [2.75, 3.05) is 43.5 Å². The topological polar surface area (TPSA) is 80.3 Å². The first kappa shape index (κ1) is 26.0. The van der Waals surface area contributed by atoms with Crippen LogP contribution in [-0.2, 0) is 9.47 Å². The first-order valence-electron chi connectivity index (χ1n) is 13.4. The number of pyridine rings is 2. The van der Waals surface area contributed by atoms with Crippen molar-refractivity contribution in [1.82, 2.24) is 15.3 Å². The molecule has 0 amide bonds. The Kier molecular flexibility index (Phi) is 9.20. The summed E-state index contributed by atoms with van der Waals surface area (Å²) in [7, 11) is 0. The molecule has 0 aromatic carbocycles. The number of ether oxygens (including phenoxy) is 2. The van der Waals surface area contributed by atoms with Gasteiger partial charge in [0, 0.05) is 56.8 Å². The van der Waals surface area contributed by atoms with Gasteiger partial charge >= 0.3 is 0 Å². The second-order valence-electron chi connectivity index (χ2n) is 10.2. The number of anilines is 2. The second-order valence-corrected chi connectivity index (χ2v) is 11.1. The molecule has 2 saturated heterocycles. The lowest BCUT2D eigenvalue weighted by Crippen LogP contribution is -2.40. The van der Waals surface area contributed by atoms with Gasteiger partial charge in [0.2, 0.25) is 0 Å². The van der Waals surface area contributed by atoms with E-state index in [0.717, 1.165) is 88.6 Å². The van der Waals surface area contributed by atoms with E-state index < -0.39 is 0 Å².